The van der Waals surface area contributed by atoms with Gasteiger partial charge in [0.2, 0.25) is 0 Å². The predicted molar refractivity (Wildman–Crippen MR) is 83.1 cm³/mol. The highest BCUT2D eigenvalue weighted by atomic mass is 35.5. The van der Waals surface area contributed by atoms with Gasteiger partial charge < -0.3 is 10.3 Å². The first kappa shape index (κ1) is 13.6. The van der Waals surface area contributed by atoms with Crippen molar-refractivity contribution in [2.75, 3.05) is 5.73 Å². The van der Waals surface area contributed by atoms with Crippen LogP contribution in [-0.2, 0) is 6.42 Å². The van der Waals surface area contributed by atoms with Crippen LogP contribution in [0.15, 0.2) is 47.0 Å². The molecule has 5 heteroatoms. The Morgan fingerprint density at radius 1 is 1.19 bits per heavy atom. The Balaban J connectivity index is 1.90. The molecule has 21 heavy (non-hydrogen) atoms. The van der Waals surface area contributed by atoms with E-state index in [1.807, 2.05) is 49.4 Å². The summed E-state index contributed by atoms with van der Waals surface area (Å²) in [4.78, 5) is 4.43. The molecule has 0 bridgehead atoms. The summed E-state index contributed by atoms with van der Waals surface area (Å²) in [6.45, 7) is 1.98. The third kappa shape index (κ3) is 2.90. The number of rotatable bonds is 3. The van der Waals surface area contributed by atoms with Crippen molar-refractivity contribution in [3.8, 4) is 11.5 Å². The summed E-state index contributed by atoms with van der Waals surface area (Å²) in [6, 6.07) is 13.2. The Labute approximate surface area is 127 Å². The van der Waals surface area contributed by atoms with Crippen LogP contribution in [0.25, 0.3) is 11.5 Å². The van der Waals surface area contributed by atoms with Gasteiger partial charge in [-0.05, 0) is 36.2 Å². The molecular formula is C16H14ClN3O. The molecule has 1 aromatic heterocycles. The lowest BCUT2D eigenvalue weighted by molar-refractivity contribution is 0.423. The minimum atomic E-state index is 0.474. The van der Waals surface area contributed by atoms with Crippen molar-refractivity contribution in [2.45, 2.75) is 13.3 Å². The number of anilines is 1. The van der Waals surface area contributed by atoms with Crippen molar-refractivity contribution in [2.24, 2.45) is 0 Å². The molecule has 2 aromatic carbocycles. The van der Waals surface area contributed by atoms with E-state index in [1.54, 1.807) is 0 Å². The van der Waals surface area contributed by atoms with E-state index < -0.39 is 0 Å². The number of nitrogens with zero attached hydrogens (tertiary/aromatic N) is 2. The van der Waals surface area contributed by atoms with Gasteiger partial charge in [-0.15, -0.1) is 0 Å². The Hall–Kier alpha value is -2.33. The lowest BCUT2D eigenvalue weighted by Gasteiger charge is -2.01. The molecule has 0 atom stereocenters. The molecule has 0 amide bonds. The maximum absolute atomic E-state index is 6.14. The number of benzene rings is 2. The number of hydrogen-bond acceptors (Lipinski definition) is 4. The summed E-state index contributed by atoms with van der Waals surface area (Å²) in [6.07, 6.45) is 0.532. The molecule has 3 aromatic rings. The van der Waals surface area contributed by atoms with Crippen molar-refractivity contribution in [1.82, 2.24) is 10.1 Å². The molecule has 0 fully saturated rings. The minimum Gasteiger partial charge on any atom is -0.399 e. The number of aromatic nitrogens is 2. The summed E-state index contributed by atoms with van der Waals surface area (Å²) < 4.78 is 5.34. The number of halogens is 1. The second-order valence-electron chi connectivity index (χ2n) is 4.86. The minimum absolute atomic E-state index is 0.474. The number of aryl methyl sites for hydroxylation is 1. The smallest absolute Gasteiger partial charge is 0.258 e. The van der Waals surface area contributed by atoms with Crippen LogP contribution in [-0.4, -0.2) is 10.1 Å². The third-order valence-electron chi connectivity index (χ3n) is 3.27. The monoisotopic (exact) mass is 299 g/mol. The fourth-order valence-corrected chi connectivity index (χ4v) is 2.32. The zero-order chi connectivity index (χ0) is 14.8. The predicted octanol–water partition coefficient (Wildman–Crippen LogP) is 3.87. The van der Waals surface area contributed by atoms with Crippen LogP contribution in [0.5, 0.6) is 0 Å². The maximum Gasteiger partial charge on any atom is 0.258 e. The van der Waals surface area contributed by atoms with Crippen LogP contribution in [0.1, 0.15) is 17.0 Å². The number of hydrogen-bond donors (Lipinski definition) is 1. The van der Waals surface area contributed by atoms with Gasteiger partial charge in [0.25, 0.3) is 5.89 Å². The van der Waals surface area contributed by atoms with Gasteiger partial charge in [-0.3, -0.25) is 0 Å². The molecule has 3 rings (SSSR count). The molecule has 0 aliphatic rings. The van der Waals surface area contributed by atoms with Gasteiger partial charge in [-0.25, -0.2) is 0 Å². The summed E-state index contributed by atoms with van der Waals surface area (Å²) in [7, 11) is 0. The molecular weight excluding hydrogens is 286 g/mol. The van der Waals surface area contributed by atoms with Gasteiger partial charge in [-0.1, -0.05) is 41.0 Å². The molecule has 0 aliphatic carbocycles. The van der Waals surface area contributed by atoms with Crippen LogP contribution in [0, 0.1) is 6.92 Å². The molecule has 0 aliphatic heterocycles. The summed E-state index contributed by atoms with van der Waals surface area (Å²) >= 11 is 6.14. The Bertz CT molecular complexity index is 783. The van der Waals surface area contributed by atoms with Gasteiger partial charge in [-0.2, -0.15) is 4.98 Å². The molecule has 0 unspecified atom stereocenters. The van der Waals surface area contributed by atoms with E-state index in [9.17, 15) is 0 Å². The third-order valence-corrected chi connectivity index (χ3v) is 3.64. The van der Waals surface area contributed by atoms with E-state index in [0.29, 0.717) is 28.8 Å². The van der Waals surface area contributed by atoms with Gasteiger partial charge in [0.15, 0.2) is 5.82 Å². The van der Waals surface area contributed by atoms with Crippen LogP contribution in [0.2, 0.25) is 5.02 Å². The lowest BCUT2D eigenvalue weighted by Crippen LogP contribution is -1.92. The lowest BCUT2D eigenvalue weighted by atomic mass is 10.1. The average Bonchev–Trinajstić information content (AvgIpc) is 2.92. The number of nitrogens with two attached hydrogens (primary N) is 1. The molecule has 1 heterocycles. The Morgan fingerprint density at radius 2 is 2.00 bits per heavy atom. The van der Waals surface area contributed by atoms with E-state index in [1.165, 1.54) is 0 Å². The standard InChI is InChI=1S/C16H14ClN3O/c1-10-6-7-12(18)9-13(10)16-19-15(20-21-16)8-11-4-2-3-5-14(11)17/h2-7,9H,8,18H2,1H3. The quantitative estimate of drug-likeness (QED) is 0.746. The van der Waals surface area contributed by atoms with E-state index >= 15 is 0 Å². The van der Waals surface area contributed by atoms with Gasteiger partial charge in [0.05, 0.1) is 0 Å². The molecule has 106 valence electrons. The molecule has 0 spiro atoms. The first-order valence-electron chi connectivity index (χ1n) is 6.56. The van der Waals surface area contributed by atoms with Gasteiger partial charge >= 0.3 is 0 Å². The summed E-state index contributed by atoms with van der Waals surface area (Å²) in [5, 5.41) is 4.71. The average molecular weight is 300 g/mol. The highest BCUT2D eigenvalue weighted by Gasteiger charge is 2.12. The van der Waals surface area contributed by atoms with Crippen molar-refractivity contribution in [1.29, 1.82) is 0 Å². The Kier molecular flexibility index (Phi) is 3.62. The Morgan fingerprint density at radius 3 is 2.81 bits per heavy atom. The van der Waals surface area contributed by atoms with Crippen molar-refractivity contribution in [3.63, 3.8) is 0 Å². The summed E-state index contributed by atoms with van der Waals surface area (Å²) in [5.74, 6) is 1.07. The number of nitrogen functional groups attached to an aromatic ring is 1. The second kappa shape index (κ2) is 5.58. The highest BCUT2D eigenvalue weighted by molar-refractivity contribution is 6.31. The maximum atomic E-state index is 6.14. The van der Waals surface area contributed by atoms with Crippen molar-refractivity contribution < 1.29 is 4.52 Å². The van der Waals surface area contributed by atoms with Crippen molar-refractivity contribution in [3.05, 3.63) is 64.4 Å². The molecule has 2 N–H and O–H groups in total. The second-order valence-corrected chi connectivity index (χ2v) is 5.27. The van der Waals surface area contributed by atoms with E-state index in [0.717, 1.165) is 16.7 Å². The molecule has 0 saturated heterocycles. The first-order chi connectivity index (χ1) is 10.1. The van der Waals surface area contributed by atoms with Crippen LogP contribution in [0.4, 0.5) is 5.69 Å². The van der Waals surface area contributed by atoms with E-state index in [-0.39, 0.29) is 0 Å². The fourth-order valence-electron chi connectivity index (χ4n) is 2.12. The highest BCUT2D eigenvalue weighted by Crippen LogP contribution is 2.25. The first-order valence-corrected chi connectivity index (χ1v) is 6.94. The molecule has 4 nitrogen and oxygen atoms in total. The molecule has 0 radical (unpaired) electrons. The molecule has 0 saturated carbocycles. The topological polar surface area (TPSA) is 64.9 Å². The van der Waals surface area contributed by atoms with Crippen LogP contribution in [0.3, 0.4) is 0 Å². The normalized spacial score (nSPS) is 10.8. The van der Waals surface area contributed by atoms with Crippen LogP contribution >= 0.6 is 11.6 Å². The van der Waals surface area contributed by atoms with Gasteiger partial charge in [0, 0.05) is 22.7 Å². The zero-order valence-corrected chi connectivity index (χ0v) is 12.3. The van der Waals surface area contributed by atoms with Gasteiger partial charge in [0.1, 0.15) is 0 Å². The van der Waals surface area contributed by atoms with Crippen LogP contribution < -0.4 is 5.73 Å². The van der Waals surface area contributed by atoms with Crippen molar-refractivity contribution >= 4 is 17.3 Å². The fraction of sp³-hybridized carbons (Fsp3) is 0.125. The largest absolute Gasteiger partial charge is 0.399 e. The van der Waals surface area contributed by atoms with E-state index in [4.69, 9.17) is 21.9 Å². The zero-order valence-electron chi connectivity index (χ0n) is 11.5. The SMILES string of the molecule is Cc1ccc(N)cc1-c1nc(Cc2ccccc2Cl)no1. The van der Waals surface area contributed by atoms with E-state index in [2.05, 4.69) is 10.1 Å². The summed E-state index contributed by atoms with van der Waals surface area (Å²) in [5.41, 5.74) is 9.34.